The van der Waals surface area contributed by atoms with Gasteiger partial charge in [-0.15, -0.1) is 0 Å². The van der Waals surface area contributed by atoms with Crippen LogP contribution < -0.4 is 5.43 Å². The second-order valence-corrected chi connectivity index (χ2v) is 2.58. The van der Waals surface area contributed by atoms with E-state index in [4.69, 9.17) is 0 Å². The lowest BCUT2D eigenvalue weighted by atomic mass is 10.3. The zero-order valence-electron chi connectivity index (χ0n) is 6.57. The van der Waals surface area contributed by atoms with Gasteiger partial charge in [0, 0.05) is 7.05 Å². The molecule has 0 aliphatic carbocycles. The number of ketones is 1. The summed E-state index contributed by atoms with van der Waals surface area (Å²) < 4.78 is 0. The Bertz CT molecular complexity index is 173. The van der Waals surface area contributed by atoms with E-state index < -0.39 is 11.9 Å². The van der Waals surface area contributed by atoms with Crippen LogP contribution in [-0.2, 0) is 9.59 Å². The Morgan fingerprint density at radius 2 is 2.27 bits per heavy atom. The first-order valence-electron chi connectivity index (χ1n) is 3.32. The highest BCUT2D eigenvalue weighted by Gasteiger charge is 2.31. The van der Waals surface area contributed by atoms with Crippen LogP contribution in [0.5, 0.6) is 0 Å². The maximum Gasteiger partial charge on any atom is 0.228 e. The molecule has 0 aromatic heterocycles. The fourth-order valence-electron chi connectivity index (χ4n) is 1.16. The number of hydrazine groups is 1. The minimum Gasteiger partial charge on any atom is -0.294 e. The van der Waals surface area contributed by atoms with Crippen LogP contribution in [0.1, 0.15) is 0 Å². The number of carbonyl (C=O) groups is 2. The summed E-state index contributed by atoms with van der Waals surface area (Å²) in [7, 11) is 3.51. The van der Waals surface area contributed by atoms with Crippen LogP contribution in [0.2, 0.25) is 0 Å². The molecule has 0 aromatic carbocycles. The first kappa shape index (κ1) is 8.32. The molecule has 1 heterocycles. The van der Waals surface area contributed by atoms with Gasteiger partial charge in [0.1, 0.15) is 6.17 Å². The fourth-order valence-corrected chi connectivity index (χ4v) is 1.16. The molecule has 1 fully saturated rings. The lowest BCUT2D eigenvalue weighted by Gasteiger charge is -2.18. The Morgan fingerprint density at radius 3 is 2.64 bits per heavy atom. The van der Waals surface area contributed by atoms with E-state index in [2.05, 4.69) is 5.43 Å². The van der Waals surface area contributed by atoms with Crippen molar-refractivity contribution in [2.24, 2.45) is 0 Å². The Hall–Kier alpha value is -0.780. The van der Waals surface area contributed by atoms with Crippen molar-refractivity contribution in [3.8, 4) is 0 Å². The van der Waals surface area contributed by atoms with Crippen LogP contribution in [0.25, 0.3) is 0 Å². The summed E-state index contributed by atoms with van der Waals surface area (Å²) in [5, 5.41) is 1.62. The van der Waals surface area contributed by atoms with Gasteiger partial charge in [-0.3, -0.25) is 14.5 Å². The second kappa shape index (κ2) is 3.08. The molecule has 1 N–H and O–H groups in total. The minimum atomic E-state index is -0.438. The van der Waals surface area contributed by atoms with E-state index in [9.17, 15) is 9.59 Å². The maximum absolute atomic E-state index is 10.9. The molecule has 1 rings (SSSR count). The van der Waals surface area contributed by atoms with Crippen molar-refractivity contribution < 1.29 is 9.59 Å². The van der Waals surface area contributed by atoms with E-state index in [1.165, 1.54) is 0 Å². The van der Waals surface area contributed by atoms with E-state index in [0.717, 1.165) is 0 Å². The van der Waals surface area contributed by atoms with Gasteiger partial charge in [-0.1, -0.05) is 0 Å². The van der Waals surface area contributed by atoms with E-state index in [-0.39, 0.29) is 0 Å². The molecule has 0 saturated carbocycles. The Labute approximate surface area is 64.9 Å². The van der Waals surface area contributed by atoms with Crippen molar-refractivity contribution >= 4 is 12.1 Å². The van der Waals surface area contributed by atoms with E-state index in [1.807, 2.05) is 0 Å². The van der Waals surface area contributed by atoms with Gasteiger partial charge in [-0.2, -0.15) is 0 Å². The second-order valence-electron chi connectivity index (χ2n) is 2.58. The Balaban J connectivity index is 2.67. The van der Waals surface area contributed by atoms with Gasteiger partial charge >= 0.3 is 0 Å². The molecule has 0 amide bonds. The van der Waals surface area contributed by atoms with E-state index in [0.29, 0.717) is 13.0 Å². The first-order valence-corrected chi connectivity index (χ1v) is 3.32. The van der Waals surface area contributed by atoms with Crippen molar-refractivity contribution in [1.29, 1.82) is 0 Å². The van der Waals surface area contributed by atoms with Gasteiger partial charge in [-0.05, 0) is 7.05 Å². The summed E-state index contributed by atoms with van der Waals surface area (Å²) in [5.41, 5.74) is 2.91. The largest absolute Gasteiger partial charge is 0.294 e. The molecule has 5 heteroatoms. The van der Waals surface area contributed by atoms with Crippen LogP contribution in [0, 0.1) is 0 Å². The molecule has 1 unspecified atom stereocenters. The third-order valence-electron chi connectivity index (χ3n) is 1.72. The molecule has 0 aromatic rings. The third kappa shape index (κ3) is 1.45. The van der Waals surface area contributed by atoms with Gasteiger partial charge in [0.05, 0.1) is 6.67 Å². The number of hydrogen-bond acceptors (Lipinski definition) is 5. The van der Waals surface area contributed by atoms with Crippen LogP contribution in [0.15, 0.2) is 0 Å². The highest BCUT2D eigenvalue weighted by Crippen LogP contribution is 2.04. The predicted molar refractivity (Wildman–Crippen MR) is 38.4 cm³/mol. The molecular formula is C6H11N3O2. The highest BCUT2D eigenvalue weighted by molar-refractivity contribution is 6.27. The third-order valence-corrected chi connectivity index (χ3v) is 1.72. The SMILES string of the molecule is CN1CNN(C)C1C(=O)C=O. The average Bonchev–Trinajstić information content (AvgIpc) is 2.30. The Kier molecular flexibility index (Phi) is 2.33. The summed E-state index contributed by atoms with van der Waals surface area (Å²) in [6, 6.07) is 0. The van der Waals surface area contributed by atoms with Gasteiger partial charge in [0.2, 0.25) is 5.78 Å². The van der Waals surface area contributed by atoms with E-state index in [1.54, 1.807) is 24.0 Å². The highest BCUT2D eigenvalue weighted by atomic mass is 16.2. The lowest BCUT2D eigenvalue weighted by Crippen LogP contribution is -2.43. The topological polar surface area (TPSA) is 52.6 Å². The minimum absolute atomic E-state index is 0.352. The maximum atomic E-state index is 10.9. The van der Waals surface area contributed by atoms with Crippen LogP contribution in [0.3, 0.4) is 0 Å². The zero-order chi connectivity index (χ0) is 8.43. The number of aldehydes is 1. The standard InChI is InChI=1S/C6H11N3O2/c1-8-4-7-9(2)6(8)5(11)3-10/h3,6-7H,4H2,1-2H3. The first-order chi connectivity index (χ1) is 5.16. The molecule has 1 saturated heterocycles. The molecule has 0 bridgehead atoms. The molecule has 11 heavy (non-hydrogen) atoms. The molecular weight excluding hydrogens is 146 g/mol. The Morgan fingerprint density at radius 1 is 1.64 bits per heavy atom. The molecule has 0 spiro atoms. The van der Waals surface area contributed by atoms with E-state index >= 15 is 0 Å². The number of rotatable bonds is 2. The van der Waals surface area contributed by atoms with Crippen molar-refractivity contribution in [3.05, 3.63) is 0 Å². The molecule has 62 valence electrons. The number of carbonyl (C=O) groups excluding carboxylic acids is 2. The summed E-state index contributed by atoms with van der Waals surface area (Å²) in [6.45, 7) is 0.598. The van der Waals surface area contributed by atoms with Crippen molar-refractivity contribution in [1.82, 2.24) is 15.3 Å². The van der Waals surface area contributed by atoms with Crippen LogP contribution >= 0.6 is 0 Å². The molecule has 1 aliphatic heterocycles. The lowest BCUT2D eigenvalue weighted by molar-refractivity contribution is -0.135. The number of Topliss-reactive ketones (excluding diaryl/α,β-unsaturated/α-hetero) is 1. The van der Waals surface area contributed by atoms with Gasteiger partial charge in [0.25, 0.3) is 0 Å². The molecule has 0 radical (unpaired) electrons. The van der Waals surface area contributed by atoms with Gasteiger partial charge in [-0.25, -0.2) is 10.4 Å². The summed E-state index contributed by atoms with van der Waals surface area (Å²) >= 11 is 0. The zero-order valence-corrected chi connectivity index (χ0v) is 6.57. The van der Waals surface area contributed by atoms with Crippen LogP contribution in [0.4, 0.5) is 0 Å². The quantitative estimate of drug-likeness (QED) is 0.387. The number of nitrogens with zero attached hydrogens (tertiary/aromatic N) is 2. The molecule has 5 nitrogen and oxygen atoms in total. The van der Waals surface area contributed by atoms with Crippen LogP contribution in [-0.4, -0.2) is 48.9 Å². The van der Waals surface area contributed by atoms with Crippen molar-refractivity contribution in [2.45, 2.75) is 6.17 Å². The van der Waals surface area contributed by atoms with Crippen molar-refractivity contribution in [3.63, 3.8) is 0 Å². The fraction of sp³-hybridized carbons (Fsp3) is 0.667. The normalized spacial score (nSPS) is 27.3. The molecule has 1 aliphatic rings. The van der Waals surface area contributed by atoms with Gasteiger partial charge < -0.3 is 0 Å². The number of hydrogen-bond donors (Lipinski definition) is 1. The summed E-state index contributed by atoms with van der Waals surface area (Å²) in [6.07, 6.45) is -0.0856. The summed E-state index contributed by atoms with van der Waals surface area (Å²) in [5.74, 6) is -0.417. The number of nitrogens with one attached hydrogen (secondary N) is 1. The van der Waals surface area contributed by atoms with Gasteiger partial charge in [0.15, 0.2) is 6.29 Å². The summed E-state index contributed by atoms with van der Waals surface area (Å²) in [4.78, 5) is 22.9. The number of likely N-dealkylation sites (N-methyl/N-ethyl adjacent to an activating group) is 2. The van der Waals surface area contributed by atoms with Crippen molar-refractivity contribution in [2.75, 3.05) is 20.8 Å². The monoisotopic (exact) mass is 157 g/mol. The predicted octanol–water partition coefficient (Wildman–Crippen LogP) is -1.58. The molecule has 1 atom stereocenters. The smallest absolute Gasteiger partial charge is 0.228 e. The average molecular weight is 157 g/mol.